The average molecular weight is 459 g/mol. The first kappa shape index (κ1) is 22.3. The molecule has 2 fully saturated rings. The molecule has 1 unspecified atom stereocenters. The van der Waals surface area contributed by atoms with Gasteiger partial charge in [-0.25, -0.2) is 4.98 Å². The third-order valence-corrected chi connectivity index (χ3v) is 6.98. The van der Waals surface area contributed by atoms with Crippen LogP contribution in [0.3, 0.4) is 0 Å². The summed E-state index contributed by atoms with van der Waals surface area (Å²) in [5, 5.41) is 8.08. The molecule has 2 aromatic rings. The normalized spacial score (nSPS) is 20.8. The fourth-order valence-corrected chi connectivity index (χ4v) is 4.92. The van der Waals surface area contributed by atoms with Gasteiger partial charge in [-0.3, -0.25) is 0 Å². The van der Waals surface area contributed by atoms with E-state index < -0.39 is 0 Å². The molecule has 2 N–H and O–H groups in total. The van der Waals surface area contributed by atoms with Gasteiger partial charge in [0.1, 0.15) is 5.82 Å². The van der Waals surface area contributed by atoms with Gasteiger partial charge < -0.3 is 20.3 Å². The Labute approximate surface area is 195 Å². The summed E-state index contributed by atoms with van der Waals surface area (Å²) in [6.45, 7) is 6.73. The lowest BCUT2D eigenvalue weighted by Crippen LogP contribution is -2.45. The molecular weight excluding hydrogens is 428 g/mol. The minimum absolute atomic E-state index is 0.0123. The van der Waals surface area contributed by atoms with E-state index in [1.54, 1.807) is 0 Å². The number of hydrogen-bond acceptors (Lipinski definition) is 4. The second-order valence-electron chi connectivity index (χ2n) is 8.81. The standard InChI is InChI=1S/C24H31ClN4OS/c1-18-3-2-12-29(16-18)22-9-8-21(15-26-22)28-23(31)27-17-24(10-13-30-14-11-24)19-4-6-20(25)7-5-19/h4-9,15,18H,2-3,10-14,16-17H2,1H3,(H2,27,28,31). The van der Waals surface area contributed by atoms with Crippen molar-refractivity contribution >= 4 is 40.4 Å². The van der Waals surface area contributed by atoms with Crippen molar-refractivity contribution in [3.8, 4) is 0 Å². The van der Waals surface area contributed by atoms with E-state index in [0.717, 1.165) is 68.1 Å². The summed E-state index contributed by atoms with van der Waals surface area (Å²) in [5.41, 5.74) is 2.16. The third-order valence-electron chi connectivity index (χ3n) is 6.48. The van der Waals surface area contributed by atoms with Crippen molar-refractivity contribution in [3.63, 3.8) is 0 Å². The van der Waals surface area contributed by atoms with Gasteiger partial charge in [0.2, 0.25) is 0 Å². The minimum atomic E-state index is -0.0123. The maximum atomic E-state index is 6.10. The molecule has 0 spiro atoms. The Balaban J connectivity index is 1.35. The molecule has 0 amide bonds. The molecule has 0 saturated carbocycles. The van der Waals surface area contributed by atoms with E-state index >= 15 is 0 Å². The predicted octanol–water partition coefficient (Wildman–Crippen LogP) is 5.01. The first-order chi connectivity index (χ1) is 15.0. The second kappa shape index (κ2) is 10.2. The molecule has 1 aromatic heterocycles. The monoisotopic (exact) mass is 458 g/mol. The Kier molecular flexibility index (Phi) is 7.31. The summed E-state index contributed by atoms with van der Waals surface area (Å²) in [6, 6.07) is 12.3. The van der Waals surface area contributed by atoms with E-state index in [-0.39, 0.29) is 5.41 Å². The fraction of sp³-hybridized carbons (Fsp3) is 0.500. The Hall–Kier alpha value is -1.89. The van der Waals surface area contributed by atoms with Gasteiger partial charge in [-0.05, 0) is 73.6 Å². The molecule has 0 bridgehead atoms. The summed E-state index contributed by atoms with van der Waals surface area (Å²) in [4.78, 5) is 7.03. The zero-order valence-electron chi connectivity index (χ0n) is 18.1. The molecule has 166 valence electrons. The molecule has 7 heteroatoms. The summed E-state index contributed by atoms with van der Waals surface area (Å²) >= 11 is 11.7. The van der Waals surface area contributed by atoms with Crippen LogP contribution in [0.5, 0.6) is 0 Å². The van der Waals surface area contributed by atoms with E-state index in [2.05, 4.69) is 51.7 Å². The first-order valence-corrected chi connectivity index (χ1v) is 11.9. The Bertz CT molecular complexity index is 868. The third kappa shape index (κ3) is 5.68. The molecule has 4 rings (SSSR count). The van der Waals surface area contributed by atoms with Crippen LogP contribution < -0.4 is 15.5 Å². The molecule has 1 aromatic carbocycles. The molecule has 3 heterocycles. The fourth-order valence-electron chi connectivity index (χ4n) is 4.60. The summed E-state index contributed by atoms with van der Waals surface area (Å²) < 4.78 is 5.63. The largest absolute Gasteiger partial charge is 0.381 e. The van der Waals surface area contributed by atoms with Crippen molar-refractivity contribution in [2.24, 2.45) is 5.92 Å². The smallest absolute Gasteiger partial charge is 0.170 e. The summed E-state index contributed by atoms with van der Waals surface area (Å²) in [5.74, 6) is 1.77. The van der Waals surface area contributed by atoms with E-state index in [4.69, 9.17) is 28.6 Å². The van der Waals surface area contributed by atoms with E-state index in [9.17, 15) is 0 Å². The number of piperidine rings is 1. The number of hydrogen-bond donors (Lipinski definition) is 2. The highest BCUT2D eigenvalue weighted by Gasteiger charge is 2.34. The van der Waals surface area contributed by atoms with Crippen LogP contribution in [-0.4, -0.2) is 42.9 Å². The average Bonchev–Trinajstić information content (AvgIpc) is 2.79. The zero-order chi connectivity index (χ0) is 21.7. The van der Waals surface area contributed by atoms with Crippen LogP contribution in [0.25, 0.3) is 0 Å². The maximum absolute atomic E-state index is 6.10. The van der Waals surface area contributed by atoms with Crippen LogP contribution in [0.15, 0.2) is 42.6 Å². The van der Waals surface area contributed by atoms with Crippen LogP contribution >= 0.6 is 23.8 Å². The highest BCUT2D eigenvalue weighted by atomic mass is 35.5. The number of thiocarbonyl (C=S) groups is 1. The van der Waals surface area contributed by atoms with Crippen molar-refractivity contribution in [2.45, 2.75) is 38.0 Å². The molecule has 5 nitrogen and oxygen atoms in total. The van der Waals surface area contributed by atoms with Crippen LogP contribution in [0, 0.1) is 5.92 Å². The van der Waals surface area contributed by atoms with Crippen molar-refractivity contribution in [3.05, 3.63) is 53.2 Å². The number of pyridine rings is 1. The van der Waals surface area contributed by atoms with Crippen LogP contribution in [0.4, 0.5) is 11.5 Å². The molecule has 2 saturated heterocycles. The van der Waals surface area contributed by atoms with Crippen molar-refractivity contribution in [2.75, 3.05) is 43.1 Å². The van der Waals surface area contributed by atoms with Gasteiger partial charge in [0, 0.05) is 43.3 Å². The lowest BCUT2D eigenvalue weighted by Gasteiger charge is -2.38. The molecule has 0 radical (unpaired) electrons. The number of halogens is 1. The van der Waals surface area contributed by atoms with Crippen molar-refractivity contribution in [1.29, 1.82) is 0 Å². The molecule has 2 aliphatic heterocycles. The second-order valence-corrected chi connectivity index (χ2v) is 9.65. The van der Waals surface area contributed by atoms with Crippen LogP contribution in [0.1, 0.15) is 38.2 Å². The lowest BCUT2D eigenvalue weighted by atomic mass is 9.74. The minimum Gasteiger partial charge on any atom is -0.381 e. The topological polar surface area (TPSA) is 49.4 Å². The van der Waals surface area contributed by atoms with Crippen molar-refractivity contribution < 1.29 is 4.74 Å². The van der Waals surface area contributed by atoms with Gasteiger partial charge in [0.25, 0.3) is 0 Å². The first-order valence-electron chi connectivity index (χ1n) is 11.1. The Morgan fingerprint density at radius 1 is 1.23 bits per heavy atom. The number of ether oxygens (including phenoxy) is 1. The van der Waals surface area contributed by atoms with Crippen LogP contribution in [0.2, 0.25) is 5.02 Å². The van der Waals surface area contributed by atoms with E-state index in [1.807, 2.05) is 18.3 Å². The lowest BCUT2D eigenvalue weighted by molar-refractivity contribution is 0.0515. The van der Waals surface area contributed by atoms with Gasteiger partial charge in [0.05, 0.1) is 11.9 Å². The highest BCUT2D eigenvalue weighted by molar-refractivity contribution is 7.80. The number of anilines is 2. The van der Waals surface area contributed by atoms with E-state index in [1.165, 1.54) is 18.4 Å². The number of aromatic nitrogens is 1. The summed E-state index contributed by atoms with van der Waals surface area (Å²) in [6.07, 6.45) is 6.31. The highest BCUT2D eigenvalue weighted by Crippen LogP contribution is 2.35. The quantitative estimate of drug-likeness (QED) is 0.614. The summed E-state index contributed by atoms with van der Waals surface area (Å²) in [7, 11) is 0. The van der Waals surface area contributed by atoms with Crippen LogP contribution in [-0.2, 0) is 10.2 Å². The Morgan fingerprint density at radius 3 is 2.68 bits per heavy atom. The van der Waals surface area contributed by atoms with Gasteiger partial charge in [-0.15, -0.1) is 0 Å². The van der Waals surface area contributed by atoms with Gasteiger partial charge in [0.15, 0.2) is 5.11 Å². The number of rotatable bonds is 5. The number of benzene rings is 1. The van der Waals surface area contributed by atoms with Gasteiger partial charge in [-0.2, -0.15) is 0 Å². The van der Waals surface area contributed by atoms with E-state index in [0.29, 0.717) is 5.11 Å². The number of nitrogens with zero attached hydrogens (tertiary/aromatic N) is 2. The van der Waals surface area contributed by atoms with Gasteiger partial charge >= 0.3 is 0 Å². The van der Waals surface area contributed by atoms with Gasteiger partial charge in [-0.1, -0.05) is 30.7 Å². The Morgan fingerprint density at radius 2 is 2.00 bits per heavy atom. The molecular formula is C24H31ClN4OS. The number of nitrogens with one attached hydrogen (secondary N) is 2. The molecule has 2 aliphatic rings. The predicted molar refractivity (Wildman–Crippen MR) is 132 cm³/mol. The molecule has 1 atom stereocenters. The maximum Gasteiger partial charge on any atom is 0.170 e. The SMILES string of the molecule is CC1CCCN(c2ccc(NC(=S)NCC3(c4ccc(Cl)cc4)CCOCC3)cn2)C1. The zero-order valence-corrected chi connectivity index (χ0v) is 19.6. The van der Waals surface area contributed by atoms with Crippen molar-refractivity contribution in [1.82, 2.24) is 10.3 Å². The molecule has 31 heavy (non-hydrogen) atoms. The molecule has 0 aliphatic carbocycles.